The number of carboxylic acids is 1. The van der Waals surface area contributed by atoms with Crippen molar-refractivity contribution in [2.75, 3.05) is 5.32 Å². The first-order valence-electron chi connectivity index (χ1n) is 5.67. The Bertz CT molecular complexity index is 587. The van der Waals surface area contributed by atoms with Crippen LogP contribution >= 0.6 is 23.8 Å². The molecule has 0 spiro atoms. The summed E-state index contributed by atoms with van der Waals surface area (Å²) in [5.41, 5.74) is 2.02. The predicted molar refractivity (Wildman–Crippen MR) is 81.1 cm³/mol. The molecule has 0 fully saturated rings. The normalized spacial score (nSPS) is 18.1. The van der Waals surface area contributed by atoms with Crippen LogP contribution in [0.3, 0.4) is 0 Å². The molecule has 1 aliphatic rings. The maximum absolute atomic E-state index is 10.9. The Hall–Kier alpha value is -1.65. The Morgan fingerprint density at radius 1 is 1.47 bits per heavy atom. The molecule has 2 rings (SSSR count). The zero-order chi connectivity index (χ0) is 14.0. The van der Waals surface area contributed by atoms with E-state index in [0.717, 1.165) is 11.3 Å². The van der Waals surface area contributed by atoms with Crippen LogP contribution in [0.1, 0.15) is 5.56 Å². The number of aliphatic carboxylic acids is 1. The monoisotopic (exact) mass is 293 g/mol. The molecule has 0 radical (unpaired) electrons. The van der Waals surface area contributed by atoms with E-state index in [-0.39, 0.29) is 11.6 Å². The fourth-order valence-electron chi connectivity index (χ4n) is 1.81. The summed E-state index contributed by atoms with van der Waals surface area (Å²) in [5.74, 6) is -0.981. The topological polar surface area (TPSA) is 49.3 Å². The van der Waals surface area contributed by atoms with E-state index in [1.54, 1.807) is 18.2 Å². The molecule has 1 atom stereocenters. The van der Waals surface area contributed by atoms with Gasteiger partial charge in [-0.2, -0.15) is 0 Å². The summed E-state index contributed by atoms with van der Waals surface area (Å²) in [6, 6.07) is 5.39. The number of rotatable bonds is 3. The number of hydrogen-bond acceptors (Lipinski definition) is 3. The van der Waals surface area contributed by atoms with Crippen LogP contribution in [0.2, 0.25) is 5.02 Å². The van der Waals surface area contributed by atoms with E-state index in [1.165, 1.54) is 6.08 Å². The molecular weight excluding hydrogens is 282 g/mol. The van der Waals surface area contributed by atoms with Gasteiger partial charge < -0.3 is 10.4 Å². The van der Waals surface area contributed by atoms with Crippen molar-refractivity contribution in [3.8, 4) is 0 Å². The van der Waals surface area contributed by atoms with Crippen molar-refractivity contribution in [3.05, 3.63) is 52.6 Å². The molecule has 3 nitrogen and oxygen atoms in total. The highest BCUT2D eigenvalue weighted by Gasteiger charge is 2.18. The Morgan fingerprint density at radius 3 is 2.79 bits per heavy atom. The Morgan fingerprint density at radius 2 is 2.21 bits per heavy atom. The lowest BCUT2D eigenvalue weighted by Crippen LogP contribution is -2.28. The molecule has 1 unspecified atom stereocenters. The minimum Gasteiger partial charge on any atom is -0.478 e. The number of halogens is 1. The number of thiocarbonyl (C=S) groups is 1. The molecule has 0 amide bonds. The maximum atomic E-state index is 10.9. The summed E-state index contributed by atoms with van der Waals surface area (Å²) in [4.78, 5) is 11.4. The van der Waals surface area contributed by atoms with Crippen LogP contribution in [0.15, 0.2) is 42.0 Å². The van der Waals surface area contributed by atoms with Crippen LogP contribution in [-0.2, 0) is 4.79 Å². The van der Waals surface area contributed by atoms with Crippen LogP contribution in [0.4, 0.5) is 5.69 Å². The molecular formula is C14H12ClNO2S. The fraction of sp³-hybridized carbons (Fsp3) is 0.143. The van der Waals surface area contributed by atoms with Crippen LogP contribution in [-0.4, -0.2) is 22.0 Å². The number of carboxylic acid groups (broad SMARTS) is 1. The summed E-state index contributed by atoms with van der Waals surface area (Å²) in [5, 5.41) is 12.7. The van der Waals surface area contributed by atoms with E-state index >= 15 is 0 Å². The zero-order valence-corrected chi connectivity index (χ0v) is 11.8. The van der Waals surface area contributed by atoms with Crippen molar-refractivity contribution in [1.29, 1.82) is 0 Å². The average molecular weight is 294 g/mol. The highest BCUT2D eigenvalue weighted by molar-refractivity contribution is 7.81. The molecule has 1 aromatic rings. The second-order valence-corrected chi connectivity index (χ2v) is 5.10. The third-order valence-corrected chi connectivity index (χ3v) is 3.53. The molecule has 0 bridgehead atoms. The number of carbonyl (C=O) groups is 1. The smallest absolute Gasteiger partial charge is 0.335 e. The standard InChI is InChI=1S/C14H12ClNO2S/c1-8-3-2-4-10(15)13(8)16-11-6-5-9(14(17)18)7-12(11)19/h2-7,11,16H,1H3,(H,17,18). The molecule has 0 aliphatic heterocycles. The van der Waals surface area contributed by atoms with Crippen molar-refractivity contribution in [1.82, 2.24) is 0 Å². The second kappa shape index (κ2) is 5.55. The van der Waals surface area contributed by atoms with E-state index < -0.39 is 5.97 Å². The molecule has 19 heavy (non-hydrogen) atoms. The van der Waals surface area contributed by atoms with Crippen LogP contribution in [0.25, 0.3) is 0 Å². The van der Waals surface area contributed by atoms with Crippen molar-refractivity contribution in [2.24, 2.45) is 0 Å². The molecule has 0 saturated carbocycles. The number of anilines is 1. The molecule has 2 N–H and O–H groups in total. The van der Waals surface area contributed by atoms with E-state index in [4.69, 9.17) is 28.9 Å². The molecule has 5 heteroatoms. The van der Waals surface area contributed by atoms with Crippen molar-refractivity contribution < 1.29 is 9.90 Å². The minimum atomic E-state index is -0.981. The number of hydrogen-bond donors (Lipinski definition) is 2. The average Bonchev–Trinajstić information content (AvgIpc) is 2.35. The van der Waals surface area contributed by atoms with Crippen molar-refractivity contribution in [2.45, 2.75) is 13.0 Å². The van der Waals surface area contributed by atoms with Crippen molar-refractivity contribution in [3.63, 3.8) is 0 Å². The lowest BCUT2D eigenvalue weighted by Gasteiger charge is -2.21. The van der Waals surface area contributed by atoms with E-state index in [1.807, 2.05) is 19.1 Å². The Labute approximate surface area is 121 Å². The highest BCUT2D eigenvalue weighted by atomic mass is 35.5. The Balaban J connectivity index is 2.21. The van der Waals surface area contributed by atoms with Gasteiger partial charge in [0.25, 0.3) is 0 Å². The molecule has 98 valence electrons. The van der Waals surface area contributed by atoms with E-state index in [0.29, 0.717) is 9.89 Å². The quantitative estimate of drug-likeness (QED) is 0.839. The summed E-state index contributed by atoms with van der Waals surface area (Å²) < 4.78 is 0. The lowest BCUT2D eigenvalue weighted by molar-refractivity contribution is -0.132. The van der Waals surface area contributed by atoms with Gasteiger partial charge in [-0.15, -0.1) is 0 Å². The number of benzene rings is 1. The summed E-state index contributed by atoms with van der Waals surface area (Å²) in [6.07, 6.45) is 4.76. The number of para-hydroxylation sites is 1. The van der Waals surface area contributed by atoms with Crippen LogP contribution in [0, 0.1) is 6.92 Å². The highest BCUT2D eigenvalue weighted by Crippen LogP contribution is 2.27. The first kappa shape index (κ1) is 13.8. The number of aryl methyl sites for hydroxylation is 1. The third kappa shape index (κ3) is 3.03. The van der Waals surface area contributed by atoms with Gasteiger partial charge >= 0.3 is 5.97 Å². The fourth-order valence-corrected chi connectivity index (χ4v) is 2.35. The van der Waals surface area contributed by atoms with E-state index in [9.17, 15) is 4.79 Å². The first-order valence-corrected chi connectivity index (χ1v) is 6.46. The van der Waals surface area contributed by atoms with Gasteiger partial charge in [-0.1, -0.05) is 42.0 Å². The van der Waals surface area contributed by atoms with Gasteiger partial charge in [0.15, 0.2) is 0 Å². The number of nitrogens with one attached hydrogen (secondary N) is 1. The van der Waals surface area contributed by atoms with Crippen LogP contribution in [0.5, 0.6) is 0 Å². The van der Waals surface area contributed by atoms with Crippen LogP contribution < -0.4 is 5.32 Å². The van der Waals surface area contributed by atoms with Gasteiger partial charge in [-0.3, -0.25) is 0 Å². The second-order valence-electron chi connectivity index (χ2n) is 4.22. The van der Waals surface area contributed by atoms with Gasteiger partial charge in [-0.25, -0.2) is 4.79 Å². The summed E-state index contributed by atoms with van der Waals surface area (Å²) in [6.45, 7) is 1.95. The molecule has 1 aromatic carbocycles. The van der Waals surface area contributed by atoms with Gasteiger partial charge in [0.1, 0.15) is 0 Å². The molecule has 0 heterocycles. The molecule has 1 aliphatic carbocycles. The SMILES string of the molecule is Cc1cccc(Cl)c1NC1C=CC(C(=O)O)=CC1=S. The van der Waals surface area contributed by atoms with Gasteiger partial charge in [0.05, 0.1) is 22.3 Å². The zero-order valence-electron chi connectivity index (χ0n) is 10.2. The predicted octanol–water partition coefficient (Wildman–Crippen LogP) is 3.38. The van der Waals surface area contributed by atoms with Gasteiger partial charge in [0, 0.05) is 4.86 Å². The van der Waals surface area contributed by atoms with Gasteiger partial charge in [-0.05, 0) is 30.7 Å². The summed E-state index contributed by atoms with van der Waals surface area (Å²) >= 11 is 11.3. The minimum absolute atomic E-state index is 0.193. The van der Waals surface area contributed by atoms with E-state index in [2.05, 4.69) is 5.32 Å². The maximum Gasteiger partial charge on any atom is 0.335 e. The van der Waals surface area contributed by atoms with Gasteiger partial charge in [0.2, 0.25) is 0 Å². The molecule has 0 saturated heterocycles. The Kier molecular flexibility index (Phi) is 4.02. The summed E-state index contributed by atoms with van der Waals surface area (Å²) in [7, 11) is 0. The largest absolute Gasteiger partial charge is 0.478 e. The van der Waals surface area contributed by atoms with Crippen molar-refractivity contribution >= 4 is 40.3 Å². The lowest BCUT2D eigenvalue weighted by atomic mass is 10.0. The third-order valence-electron chi connectivity index (χ3n) is 2.84. The molecule has 0 aromatic heterocycles. The first-order chi connectivity index (χ1) is 8.99.